The number of hydrogen-bond donors (Lipinski definition) is 1. The van der Waals surface area contributed by atoms with Gasteiger partial charge in [-0.05, 0) is 65.5 Å². The van der Waals surface area contributed by atoms with Crippen molar-refractivity contribution in [2.24, 2.45) is 0 Å². The van der Waals surface area contributed by atoms with E-state index in [0.717, 1.165) is 21.8 Å². The first-order valence-electron chi connectivity index (χ1n) is 8.82. The molecule has 2 aromatic rings. The van der Waals surface area contributed by atoms with Gasteiger partial charge in [0.15, 0.2) is 0 Å². The number of nitrogens with one attached hydrogen (secondary N) is 1. The molecule has 0 saturated carbocycles. The minimum atomic E-state index is -0.0589. The summed E-state index contributed by atoms with van der Waals surface area (Å²) in [6.07, 6.45) is 6.25. The molecule has 1 heteroatoms. The van der Waals surface area contributed by atoms with Crippen LogP contribution >= 0.6 is 0 Å². The zero-order chi connectivity index (χ0) is 18.4. The maximum absolute atomic E-state index is 4.38. The molecule has 0 saturated heterocycles. The van der Waals surface area contributed by atoms with Crippen LogP contribution in [0.25, 0.3) is 23.8 Å². The van der Waals surface area contributed by atoms with Crippen molar-refractivity contribution >= 4 is 23.8 Å². The summed E-state index contributed by atoms with van der Waals surface area (Å²) in [6, 6.07) is 8.71. The second kappa shape index (κ2) is 6.07. The van der Waals surface area contributed by atoms with E-state index in [1.807, 2.05) is 6.08 Å². The molecule has 128 valence electrons. The third-order valence-electron chi connectivity index (χ3n) is 5.44. The number of aromatic nitrogens is 1. The van der Waals surface area contributed by atoms with Crippen molar-refractivity contribution in [1.29, 1.82) is 0 Å². The molecule has 1 nitrogen and oxygen atoms in total. The average Bonchev–Trinajstić information content (AvgIpc) is 2.99. The minimum absolute atomic E-state index is 0.0589. The summed E-state index contributed by atoms with van der Waals surface area (Å²) in [4.78, 5) is 3.65. The fraction of sp³-hybridized carbons (Fsp3) is 0.250. The molecule has 25 heavy (non-hydrogen) atoms. The van der Waals surface area contributed by atoms with Crippen molar-refractivity contribution in [1.82, 2.24) is 4.98 Å². The summed E-state index contributed by atoms with van der Waals surface area (Å²) >= 11 is 0. The summed E-state index contributed by atoms with van der Waals surface area (Å²) in [5.41, 5.74) is 8.75. The molecule has 0 atom stereocenters. The molecular formula is C24H27N. The van der Waals surface area contributed by atoms with Crippen molar-refractivity contribution in [2.45, 2.75) is 40.0 Å². The molecule has 0 spiro atoms. The lowest BCUT2D eigenvalue weighted by atomic mass is 9.82. The van der Waals surface area contributed by atoms with Crippen LogP contribution in [0.1, 0.15) is 50.1 Å². The van der Waals surface area contributed by atoms with Gasteiger partial charge in [-0.2, -0.15) is 0 Å². The van der Waals surface area contributed by atoms with Gasteiger partial charge in [0.05, 0.1) is 5.35 Å². The highest BCUT2D eigenvalue weighted by Crippen LogP contribution is 2.49. The number of aromatic amines is 1. The van der Waals surface area contributed by atoms with Crippen LogP contribution < -0.4 is 10.6 Å². The lowest BCUT2D eigenvalue weighted by Crippen LogP contribution is -2.31. The summed E-state index contributed by atoms with van der Waals surface area (Å²) in [5.74, 6) is 0. The van der Waals surface area contributed by atoms with Crippen LogP contribution in [0.5, 0.6) is 0 Å². The van der Waals surface area contributed by atoms with Crippen LogP contribution in [0.4, 0.5) is 0 Å². The van der Waals surface area contributed by atoms with Crippen LogP contribution in [0.2, 0.25) is 0 Å². The molecule has 1 aliphatic rings. The van der Waals surface area contributed by atoms with Gasteiger partial charge < -0.3 is 4.98 Å². The summed E-state index contributed by atoms with van der Waals surface area (Å²) in [6.45, 7) is 19.2. The van der Waals surface area contributed by atoms with E-state index in [1.54, 1.807) is 0 Å². The molecule has 0 unspecified atom stereocenters. The molecule has 0 amide bonds. The summed E-state index contributed by atoms with van der Waals surface area (Å²) < 4.78 is 0. The first-order chi connectivity index (χ1) is 11.8. The second-order valence-electron chi connectivity index (χ2n) is 7.36. The van der Waals surface area contributed by atoms with Crippen molar-refractivity contribution in [2.75, 3.05) is 0 Å². The maximum Gasteiger partial charge on any atom is 0.0503 e. The van der Waals surface area contributed by atoms with Crippen molar-refractivity contribution in [3.63, 3.8) is 0 Å². The van der Waals surface area contributed by atoms with E-state index < -0.39 is 0 Å². The van der Waals surface area contributed by atoms with Gasteiger partial charge in [-0.1, -0.05) is 63.4 Å². The minimum Gasteiger partial charge on any atom is -0.355 e. The SMILES string of the molecule is C=C/C(C)=C\c1[nH]/c(=C2/C(=C\C)c3ccccc3C2(C)C)c(=C)c1C. The molecule has 1 aromatic carbocycles. The molecule has 1 N–H and O–H groups in total. The van der Waals surface area contributed by atoms with Gasteiger partial charge in [-0.25, -0.2) is 0 Å². The highest BCUT2D eigenvalue weighted by atomic mass is 14.7. The van der Waals surface area contributed by atoms with Crippen LogP contribution in [0.3, 0.4) is 0 Å². The molecule has 0 radical (unpaired) electrons. The van der Waals surface area contributed by atoms with Crippen LogP contribution in [0.15, 0.2) is 48.6 Å². The Kier molecular flexibility index (Phi) is 4.20. The monoisotopic (exact) mass is 329 g/mol. The lowest BCUT2D eigenvalue weighted by Gasteiger charge is -2.21. The Morgan fingerprint density at radius 3 is 2.52 bits per heavy atom. The van der Waals surface area contributed by atoms with Gasteiger partial charge >= 0.3 is 0 Å². The quantitative estimate of drug-likeness (QED) is 0.757. The fourth-order valence-corrected chi connectivity index (χ4v) is 3.91. The van der Waals surface area contributed by atoms with Gasteiger partial charge in [0, 0.05) is 11.1 Å². The highest BCUT2D eigenvalue weighted by molar-refractivity contribution is 6.07. The maximum atomic E-state index is 4.38. The topological polar surface area (TPSA) is 15.8 Å². The molecule has 3 rings (SSSR count). The fourth-order valence-electron chi connectivity index (χ4n) is 3.91. The van der Waals surface area contributed by atoms with E-state index in [4.69, 9.17) is 0 Å². The molecule has 1 aromatic heterocycles. The zero-order valence-electron chi connectivity index (χ0n) is 16.0. The number of hydrogen-bond acceptors (Lipinski definition) is 0. The van der Waals surface area contributed by atoms with E-state index in [1.165, 1.54) is 27.8 Å². The predicted molar refractivity (Wildman–Crippen MR) is 111 cm³/mol. The van der Waals surface area contributed by atoms with Gasteiger partial charge in [0.1, 0.15) is 0 Å². The van der Waals surface area contributed by atoms with E-state index in [0.29, 0.717) is 0 Å². The Labute approximate surface area is 150 Å². The third kappa shape index (κ3) is 2.55. The standard InChI is InChI=1S/C24H27N/c1-8-15(3)14-21-16(4)17(5)23(25-21)22-18(9-2)19-12-10-11-13-20(19)24(22,6)7/h8-14,25H,1,5H2,2-4,6-7H3/b15-14-,18-9-,23-22-. The molecular weight excluding hydrogens is 302 g/mol. The summed E-state index contributed by atoms with van der Waals surface area (Å²) in [7, 11) is 0. The highest BCUT2D eigenvalue weighted by Gasteiger charge is 2.38. The Morgan fingerprint density at radius 1 is 1.20 bits per heavy atom. The lowest BCUT2D eigenvalue weighted by molar-refractivity contribution is 0.706. The van der Waals surface area contributed by atoms with Crippen LogP contribution in [-0.2, 0) is 5.41 Å². The van der Waals surface area contributed by atoms with E-state index in [-0.39, 0.29) is 5.41 Å². The second-order valence-corrected chi connectivity index (χ2v) is 7.36. The number of fused-ring (bicyclic) bond motifs is 1. The van der Waals surface area contributed by atoms with E-state index in [9.17, 15) is 0 Å². The number of H-pyrrole nitrogens is 1. The largest absolute Gasteiger partial charge is 0.355 e. The molecule has 1 heterocycles. The van der Waals surface area contributed by atoms with Crippen LogP contribution in [0, 0.1) is 6.92 Å². The average molecular weight is 329 g/mol. The Hall–Kier alpha value is -2.54. The van der Waals surface area contributed by atoms with Gasteiger partial charge in [-0.15, -0.1) is 0 Å². The first-order valence-corrected chi connectivity index (χ1v) is 8.82. The van der Waals surface area contributed by atoms with Gasteiger partial charge in [0.2, 0.25) is 0 Å². The Balaban J connectivity index is 2.42. The Morgan fingerprint density at radius 2 is 1.88 bits per heavy atom. The zero-order valence-corrected chi connectivity index (χ0v) is 16.0. The van der Waals surface area contributed by atoms with E-state index >= 15 is 0 Å². The van der Waals surface area contributed by atoms with Gasteiger partial charge in [0.25, 0.3) is 0 Å². The molecule has 0 aliphatic heterocycles. The van der Waals surface area contributed by atoms with Crippen LogP contribution in [-0.4, -0.2) is 4.98 Å². The van der Waals surface area contributed by atoms with Gasteiger partial charge in [-0.3, -0.25) is 0 Å². The van der Waals surface area contributed by atoms with E-state index in [2.05, 4.69) is 89.2 Å². The summed E-state index contributed by atoms with van der Waals surface area (Å²) in [5, 5.41) is 2.23. The van der Waals surface area contributed by atoms with Crippen molar-refractivity contribution in [3.8, 4) is 0 Å². The number of rotatable bonds is 2. The number of benzene rings is 1. The molecule has 0 bridgehead atoms. The normalized spacial score (nSPS) is 20.0. The predicted octanol–water partition coefficient (Wildman–Crippen LogP) is 4.87. The smallest absolute Gasteiger partial charge is 0.0503 e. The first kappa shape index (κ1) is 17.3. The van der Waals surface area contributed by atoms with Crippen molar-refractivity contribution in [3.05, 3.63) is 81.5 Å². The third-order valence-corrected chi connectivity index (χ3v) is 5.44. The molecule has 0 fully saturated rings. The van der Waals surface area contributed by atoms with Crippen molar-refractivity contribution < 1.29 is 0 Å². The number of allylic oxidation sites excluding steroid dienone is 4. The molecule has 1 aliphatic carbocycles. The Bertz CT molecular complexity index is 1020.